The summed E-state index contributed by atoms with van der Waals surface area (Å²) in [5, 5.41) is 2.93. The Bertz CT molecular complexity index is 891. The van der Waals surface area contributed by atoms with Gasteiger partial charge in [-0.15, -0.1) is 11.3 Å². The fraction of sp³-hybridized carbons (Fsp3) is 0.400. The molecule has 2 aromatic rings. The number of nitrogens with zero attached hydrogens (tertiary/aromatic N) is 1. The summed E-state index contributed by atoms with van der Waals surface area (Å²) in [5.74, 6) is -0.634. The second-order valence-corrected chi connectivity index (χ2v) is 8.84. The molecule has 2 amide bonds. The molecule has 0 unspecified atom stereocenters. The zero-order valence-electron chi connectivity index (χ0n) is 16.1. The number of nitrogens with two attached hydrogens (primary N) is 1. The number of thiophene rings is 1. The molecule has 0 radical (unpaired) electrons. The van der Waals surface area contributed by atoms with E-state index in [-0.39, 0.29) is 23.9 Å². The van der Waals surface area contributed by atoms with Gasteiger partial charge in [0.25, 0.3) is 5.91 Å². The Morgan fingerprint density at radius 3 is 2.75 bits per heavy atom. The van der Waals surface area contributed by atoms with E-state index in [1.54, 1.807) is 23.1 Å². The molecule has 3 N–H and O–H groups in total. The summed E-state index contributed by atoms with van der Waals surface area (Å²) >= 11 is 1.22. The molecule has 2 heterocycles. The lowest BCUT2D eigenvalue weighted by Gasteiger charge is -2.24. The Labute approximate surface area is 167 Å². The second kappa shape index (κ2) is 7.79. The van der Waals surface area contributed by atoms with Gasteiger partial charge >= 0.3 is 6.09 Å². The Morgan fingerprint density at radius 1 is 1.32 bits per heavy atom. The molecule has 0 aliphatic carbocycles. The van der Waals surface area contributed by atoms with Crippen molar-refractivity contribution in [3.63, 3.8) is 0 Å². The van der Waals surface area contributed by atoms with Crippen molar-refractivity contribution >= 4 is 29.0 Å². The lowest BCUT2D eigenvalue weighted by molar-refractivity contribution is 0.0290. The topological polar surface area (TPSA) is 84.7 Å². The van der Waals surface area contributed by atoms with E-state index in [0.29, 0.717) is 35.6 Å². The van der Waals surface area contributed by atoms with Crippen LogP contribution in [0, 0.1) is 5.82 Å². The molecule has 1 fully saturated rings. The van der Waals surface area contributed by atoms with Crippen LogP contribution in [0.2, 0.25) is 0 Å². The zero-order chi connectivity index (χ0) is 20.5. The van der Waals surface area contributed by atoms with Crippen LogP contribution in [0.3, 0.4) is 0 Å². The standard InChI is InChI=1S/C20H24FN3O3S/c1-20(2,3)27-19(26)24-8-7-14(11-24)23-18(25)17-15(22)10-16(28-17)12-5-4-6-13(21)9-12/h4-6,9-10,14H,7-8,11,22H2,1-3H3,(H,23,25)/t14-/m1/s1. The van der Waals surface area contributed by atoms with Crippen LogP contribution in [0.1, 0.15) is 36.9 Å². The average molecular weight is 405 g/mol. The first-order valence-corrected chi connectivity index (χ1v) is 9.88. The van der Waals surface area contributed by atoms with Gasteiger partial charge in [-0.05, 0) is 51.0 Å². The lowest BCUT2D eigenvalue weighted by Crippen LogP contribution is -2.40. The van der Waals surface area contributed by atoms with Crippen LogP contribution in [0.5, 0.6) is 0 Å². The quantitative estimate of drug-likeness (QED) is 0.812. The normalized spacial score (nSPS) is 16.9. The van der Waals surface area contributed by atoms with Gasteiger partial charge in [-0.1, -0.05) is 12.1 Å². The number of ether oxygens (including phenoxy) is 1. The molecule has 150 valence electrons. The predicted octanol–water partition coefficient (Wildman–Crippen LogP) is 3.88. The highest BCUT2D eigenvalue weighted by Crippen LogP contribution is 2.33. The number of anilines is 1. The van der Waals surface area contributed by atoms with E-state index < -0.39 is 5.60 Å². The van der Waals surface area contributed by atoms with Crippen LogP contribution in [0.25, 0.3) is 10.4 Å². The number of rotatable bonds is 3. The van der Waals surface area contributed by atoms with E-state index in [0.717, 1.165) is 4.88 Å². The first kappa shape index (κ1) is 20.1. The first-order valence-electron chi connectivity index (χ1n) is 9.06. The average Bonchev–Trinajstić information content (AvgIpc) is 3.20. The van der Waals surface area contributed by atoms with E-state index in [9.17, 15) is 14.0 Å². The summed E-state index contributed by atoms with van der Waals surface area (Å²) in [6.45, 7) is 6.36. The molecule has 1 aliphatic heterocycles. The van der Waals surface area contributed by atoms with Crippen molar-refractivity contribution in [1.82, 2.24) is 10.2 Å². The van der Waals surface area contributed by atoms with Gasteiger partial charge in [-0.3, -0.25) is 4.79 Å². The molecule has 0 saturated carbocycles. The van der Waals surface area contributed by atoms with Gasteiger partial charge < -0.3 is 20.7 Å². The van der Waals surface area contributed by atoms with E-state index in [1.165, 1.54) is 23.5 Å². The maximum absolute atomic E-state index is 13.4. The van der Waals surface area contributed by atoms with Gasteiger partial charge in [0.15, 0.2) is 0 Å². The summed E-state index contributed by atoms with van der Waals surface area (Å²) in [6.07, 6.45) is 0.265. The molecule has 1 aliphatic rings. The van der Waals surface area contributed by atoms with Gasteiger partial charge in [0.1, 0.15) is 16.3 Å². The minimum atomic E-state index is -0.558. The monoisotopic (exact) mass is 405 g/mol. The largest absolute Gasteiger partial charge is 0.444 e. The van der Waals surface area contributed by atoms with E-state index in [2.05, 4.69) is 5.32 Å². The first-order chi connectivity index (χ1) is 13.1. The van der Waals surface area contributed by atoms with Crippen LogP contribution in [0.15, 0.2) is 30.3 Å². The summed E-state index contributed by atoms with van der Waals surface area (Å²) in [7, 11) is 0. The van der Waals surface area contributed by atoms with Crippen LogP contribution in [-0.2, 0) is 4.74 Å². The number of nitrogen functional groups attached to an aromatic ring is 1. The fourth-order valence-electron chi connectivity index (χ4n) is 2.99. The van der Waals surface area contributed by atoms with E-state index in [1.807, 2.05) is 20.8 Å². The molecule has 1 aromatic heterocycles. The lowest BCUT2D eigenvalue weighted by atomic mass is 10.2. The van der Waals surface area contributed by atoms with E-state index in [4.69, 9.17) is 10.5 Å². The van der Waals surface area contributed by atoms with Gasteiger partial charge in [0, 0.05) is 24.0 Å². The molecule has 1 aromatic carbocycles. The molecule has 28 heavy (non-hydrogen) atoms. The fourth-order valence-corrected chi connectivity index (χ4v) is 3.97. The van der Waals surface area contributed by atoms with Crippen LogP contribution in [0.4, 0.5) is 14.9 Å². The SMILES string of the molecule is CC(C)(C)OC(=O)N1CC[C@@H](NC(=O)c2sc(-c3cccc(F)c3)cc2N)C1. The second-order valence-electron chi connectivity index (χ2n) is 7.79. The molecule has 1 atom stereocenters. The maximum Gasteiger partial charge on any atom is 0.410 e. The zero-order valence-corrected chi connectivity index (χ0v) is 16.9. The van der Waals surface area contributed by atoms with Gasteiger partial charge in [-0.2, -0.15) is 0 Å². The highest BCUT2D eigenvalue weighted by molar-refractivity contribution is 7.18. The van der Waals surface area contributed by atoms with Crippen molar-refractivity contribution in [1.29, 1.82) is 0 Å². The number of carbonyl (C=O) groups is 2. The minimum absolute atomic E-state index is 0.167. The van der Waals surface area contributed by atoms with E-state index >= 15 is 0 Å². The van der Waals surface area contributed by atoms with Crippen molar-refractivity contribution in [2.75, 3.05) is 18.8 Å². The van der Waals surface area contributed by atoms with Crippen molar-refractivity contribution in [2.45, 2.75) is 38.8 Å². The highest BCUT2D eigenvalue weighted by atomic mass is 32.1. The van der Waals surface area contributed by atoms with Crippen molar-refractivity contribution in [3.05, 3.63) is 41.0 Å². The maximum atomic E-state index is 13.4. The Kier molecular flexibility index (Phi) is 5.60. The molecule has 1 saturated heterocycles. The predicted molar refractivity (Wildman–Crippen MR) is 108 cm³/mol. The van der Waals surface area contributed by atoms with Crippen LogP contribution < -0.4 is 11.1 Å². The van der Waals surface area contributed by atoms with Gasteiger partial charge in [0.05, 0.1) is 5.69 Å². The third-order valence-corrected chi connectivity index (χ3v) is 5.45. The molecule has 6 nitrogen and oxygen atoms in total. The highest BCUT2D eigenvalue weighted by Gasteiger charge is 2.31. The Balaban J connectivity index is 1.64. The molecule has 0 bridgehead atoms. The minimum Gasteiger partial charge on any atom is -0.444 e. The summed E-state index contributed by atoms with van der Waals surface area (Å²) in [6, 6.07) is 7.66. The number of likely N-dealkylation sites (tertiary alicyclic amines) is 1. The number of hydrogen-bond acceptors (Lipinski definition) is 5. The third kappa shape index (κ3) is 4.81. The molecule has 3 rings (SSSR count). The van der Waals surface area contributed by atoms with Crippen molar-refractivity contribution in [2.24, 2.45) is 0 Å². The summed E-state index contributed by atoms with van der Waals surface area (Å²) < 4.78 is 18.8. The number of benzene rings is 1. The van der Waals surface area contributed by atoms with Crippen LogP contribution in [-0.4, -0.2) is 41.6 Å². The van der Waals surface area contributed by atoms with Crippen LogP contribution >= 0.6 is 11.3 Å². The number of halogens is 1. The Morgan fingerprint density at radius 2 is 2.07 bits per heavy atom. The number of hydrogen-bond donors (Lipinski definition) is 2. The van der Waals surface area contributed by atoms with Gasteiger partial charge in [0.2, 0.25) is 0 Å². The summed E-state index contributed by atoms with van der Waals surface area (Å²) in [4.78, 5) is 27.5. The molecular weight excluding hydrogens is 381 g/mol. The Hall–Kier alpha value is -2.61. The number of carbonyl (C=O) groups excluding carboxylic acids is 2. The number of amides is 2. The summed E-state index contributed by atoms with van der Waals surface area (Å²) in [5.41, 5.74) is 6.47. The molecule has 8 heteroatoms. The van der Waals surface area contributed by atoms with Crippen molar-refractivity contribution < 1.29 is 18.7 Å². The number of nitrogens with one attached hydrogen (secondary N) is 1. The smallest absolute Gasteiger partial charge is 0.410 e. The molecule has 0 spiro atoms. The van der Waals surface area contributed by atoms with Crippen molar-refractivity contribution in [3.8, 4) is 10.4 Å². The third-order valence-electron chi connectivity index (χ3n) is 4.25. The van der Waals surface area contributed by atoms with Gasteiger partial charge in [-0.25, -0.2) is 9.18 Å². The molecular formula is C20H24FN3O3S.